The van der Waals surface area contributed by atoms with Crippen LogP contribution in [-0.4, -0.2) is 97.0 Å². The third-order valence-corrected chi connectivity index (χ3v) is 5.16. The normalized spacial score (nSPS) is 13.4. The van der Waals surface area contributed by atoms with E-state index in [9.17, 15) is 18.9 Å². The molecule has 2 atom stereocenters. The molecule has 30 heavy (non-hydrogen) atoms. The van der Waals surface area contributed by atoms with Gasteiger partial charge >= 0.3 is 19.5 Å². The van der Waals surface area contributed by atoms with Crippen LogP contribution >= 0.6 is 19.4 Å². The van der Waals surface area contributed by atoms with E-state index < -0.39 is 31.7 Å². The Hall–Kier alpha value is -1.21. The largest absolute Gasteiger partial charge is 0.462 e. The molecule has 0 aromatic carbocycles. The van der Waals surface area contributed by atoms with Crippen LogP contribution in [0.15, 0.2) is 0 Å². The van der Waals surface area contributed by atoms with E-state index >= 15 is 0 Å². The van der Waals surface area contributed by atoms with Crippen LogP contribution in [0.1, 0.15) is 13.8 Å². The summed E-state index contributed by atoms with van der Waals surface area (Å²) in [6, 6.07) is -0.780. The molecule has 1 amide bonds. The minimum absolute atomic E-state index is 0.0594. The Morgan fingerprint density at radius 2 is 1.67 bits per heavy atom. The molecule has 0 aliphatic rings. The maximum absolute atomic E-state index is 11.9. The highest BCUT2D eigenvalue weighted by Crippen LogP contribution is 2.33. The highest BCUT2D eigenvalue weighted by Gasteiger charge is 2.17. The van der Waals surface area contributed by atoms with Crippen LogP contribution in [-0.2, 0) is 37.9 Å². The topological polar surface area (TPSA) is 184 Å². The molecule has 0 aliphatic carbocycles. The number of rotatable bonds is 17. The summed E-state index contributed by atoms with van der Waals surface area (Å²) in [5, 5.41) is 2.61. The second kappa shape index (κ2) is 16.5. The van der Waals surface area contributed by atoms with Gasteiger partial charge in [-0.25, -0.2) is 0 Å². The van der Waals surface area contributed by atoms with Gasteiger partial charge in [0.25, 0.3) is 0 Å². The van der Waals surface area contributed by atoms with Crippen LogP contribution in [0.25, 0.3) is 0 Å². The van der Waals surface area contributed by atoms with Gasteiger partial charge in [-0.15, -0.1) is 0 Å². The predicted octanol–water partition coefficient (Wildman–Crippen LogP) is -1.13. The molecule has 2 unspecified atom stereocenters. The molecule has 0 bridgehead atoms. The summed E-state index contributed by atoms with van der Waals surface area (Å²) < 4.78 is 30.7. The Balaban J connectivity index is 3.83. The Morgan fingerprint density at radius 1 is 1.03 bits per heavy atom. The Kier molecular flexibility index (Phi) is 15.8. The zero-order valence-electron chi connectivity index (χ0n) is 17.1. The van der Waals surface area contributed by atoms with E-state index in [0.717, 1.165) is 0 Å². The van der Waals surface area contributed by atoms with Crippen LogP contribution in [0.4, 0.5) is 0 Å². The third-order valence-electron chi connectivity index (χ3n) is 3.19. The maximum Gasteiger partial charge on any atom is 0.327 e. The Bertz CT molecular complexity index is 574. The summed E-state index contributed by atoms with van der Waals surface area (Å²) in [5.41, 5.74) is 5.81. The maximum atomic E-state index is 11.9. The van der Waals surface area contributed by atoms with Crippen molar-refractivity contribution < 1.29 is 47.7 Å². The van der Waals surface area contributed by atoms with Crippen molar-refractivity contribution in [3.63, 3.8) is 0 Å². The first kappa shape index (κ1) is 28.8. The molecule has 0 aliphatic heterocycles. The van der Waals surface area contributed by atoms with E-state index in [2.05, 4.69) is 5.32 Å². The molecule has 0 radical (unpaired) electrons. The number of ether oxygens (including phenoxy) is 4. The number of nitrogens with one attached hydrogen (secondary N) is 1. The molecule has 0 heterocycles. The summed E-state index contributed by atoms with van der Waals surface area (Å²) in [7, 11) is -4.05. The van der Waals surface area contributed by atoms with Gasteiger partial charge < -0.3 is 39.8 Å². The first-order chi connectivity index (χ1) is 14.0. The van der Waals surface area contributed by atoms with Crippen molar-refractivity contribution in [1.29, 1.82) is 0 Å². The van der Waals surface area contributed by atoms with Crippen LogP contribution in [0.2, 0.25) is 0 Å². The van der Waals surface area contributed by atoms with E-state index in [1.165, 1.54) is 25.6 Å². The zero-order chi connectivity index (χ0) is 23.0. The first-order valence-corrected chi connectivity index (χ1v) is 12.1. The second-order valence-electron chi connectivity index (χ2n) is 6.08. The average Bonchev–Trinajstić information content (AvgIpc) is 2.62. The number of thioether (sulfide) groups is 1. The fraction of sp³-hybridized carbons (Fsp3) is 0.812. The van der Waals surface area contributed by atoms with Crippen LogP contribution in [0.3, 0.4) is 0 Å². The SMILES string of the molecule is CC(=O)OCC(CSCC(N)C(=O)NCCOCCOCCP(=O)(O)O)OC(C)=O. The van der Waals surface area contributed by atoms with Gasteiger partial charge in [-0.2, -0.15) is 11.8 Å². The van der Waals surface area contributed by atoms with E-state index in [1.54, 1.807) is 0 Å². The monoisotopic (exact) mass is 474 g/mol. The quantitative estimate of drug-likeness (QED) is 0.113. The van der Waals surface area contributed by atoms with Crippen molar-refractivity contribution in [1.82, 2.24) is 5.32 Å². The fourth-order valence-electron chi connectivity index (χ4n) is 1.85. The molecule has 0 aromatic rings. The molecule has 0 aromatic heterocycles. The molecule has 0 rings (SSSR count). The molecule has 12 nitrogen and oxygen atoms in total. The summed E-state index contributed by atoms with van der Waals surface area (Å²) in [6.07, 6.45) is -0.964. The fourth-order valence-corrected chi connectivity index (χ4v) is 3.18. The highest BCUT2D eigenvalue weighted by atomic mass is 32.2. The Morgan fingerprint density at radius 3 is 2.23 bits per heavy atom. The number of hydrogen-bond acceptors (Lipinski definition) is 10. The summed E-state index contributed by atoms with van der Waals surface area (Å²) in [5.74, 6) is -0.755. The number of hydrogen-bond donors (Lipinski definition) is 4. The van der Waals surface area contributed by atoms with Crippen molar-refractivity contribution in [3.8, 4) is 0 Å². The van der Waals surface area contributed by atoms with Gasteiger partial charge in [0.05, 0.1) is 38.6 Å². The minimum Gasteiger partial charge on any atom is -0.462 e. The molecule has 0 saturated heterocycles. The summed E-state index contributed by atoms with van der Waals surface area (Å²) in [6.45, 7) is 3.24. The van der Waals surface area contributed by atoms with Crippen molar-refractivity contribution in [2.75, 3.05) is 57.2 Å². The van der Waals surface area contributed by atoms with E-state index in [-0.39, 0.29) is 57.4 Å². The standard InChI is InChI=1S/C16H31N2O10PS/c1-12(19)27-9-14(28-13(2)20)10-30-11-15(17)16(21)18-3-4-25-5-6-26-7-8-29(22,23)24/h14-15H,3-11,17H2,1-2H3,(H,18,21)(H2,22,23,24). The number of nitrogens with two attached hydrogens (primary N) is 1. The van der Waals surface area contributed by atoms with E-state index in [4.69, 9.17) is 34.5 Å². The van der Waals surface area contributed by atoms with E-state index in [0.29, 0.717) is 5.75 Å². The second-order valence-corrected chi connectivity index (χ2v) is 8.93. The van der Waals surface area contributed by atoms with Crippen molar-refractivity contribution >= 4 is 37.2 Å². The number of esters is 2. The highest BCUT2D eigenvalue weighted by molar-refractivity contribution is 7.99. The Labute approximate surface area is 179 Å². The minimum atomic E-state index is -4.05. The van der Waals surface area contributed by atoms with Crippen molar-refractivity contribution in [2.45, 2.75) is 26.0 Å². The zero-order valence-corrected chi connectivity index (χ0v) is 18.8. The predicted molar refractivity (Wildman–Crippen MR) is 109 cm³/mol. The lowest BCUT2D eigenvalue weighted by Gasteiger charge is -2.17. The lowest BCUT2D eigenvalue weighted by Crippen LogP contribution is -2.43. The van der Waals surface area contributed by atoms with Crippen molar-refractivity contribution in [2.24, 2.45) is 5.73 Å². The molecule has 0 spiro atoms. The lowest BCUT2D eigenvalue weighted by atomic mass is 10.3. The average molecular weight is 474 g/mol. The first-order valence-electron chi connectivity index (χ1n) is 9.13. The molecular weight excluding hydrogens is 443 g/mol. The molecule has 0 saturated carbocycles. The van der Waals surface area contributed by atoms with Crippen LogP contribution < -0.4 is 11.1 Å². The summed E-state index contributed by atoms with van der Waals surface area (Å²) in [4.78, 5) is 51.2. The number of carbonyl (C=O) groups excluding carboxylic acids is 3. The molecule has 14 heteroatoms. The van der Waals surface area contributed by atoms with Crippen LogP contribution in [0.5, 0.6) is 0 Å². The van der Waals surface area contributed by atoms with E-state index in [1.807, 2.05) is 0 Å². The van der Waals surface area contributed by atoms with Gasteiger partial charge in [0, 0.05) is 31.9 Å². The number of carbonyl (C=O) groups is 3. The molecule has 5 N–H and O–H groups in total. The van der Waals surface area contributed by atoms with Crippen LogP contribution in [0, 0.1) is 0 Å². The van der Waals surface area contributed by atoms with Gasteiger partial charge in [0.1, 0.15) is 12.7 Å². The summed E-state index contributed by atoms with van der Waals surface area (Å²) >= 11 is 1.29. The van der Waals surface area contributed by atoms with Crippen molar-refractivity contribution in [3.05, 3.63) is 0 Å². The van der Waals surface area contributed by atoms with Gasteiger partial charge in [-0.3, -0.25) is 18.9 Å². The van der Waals surface area contributed by atoms with Gasteiger partial charge in [0.15, 0.2) is 0 Å². The molecule has 176 valence electrons. The van der Waals surface area contributed by atoms with Gasteiger partial charge in [-0.1, -0.05) is 0 Å². The third kappa shape index (κ3) is 18.8. The lowest BCUT2D eigenvalue weighted by molar-refractivity contribution is -0.154. The number of amides is 1. The van der Waals surface area contributed by atoms with Gasteiger partial charge in [-0.05, 0) is 0 Å². The molecule has 0 fully saturated rings. The van der Waals surface area contributed by atoms with Gasteiger partial charge in [0.2, 0.25) is 5.91 Å². The molecular formula is C16H31N2O10PS. The smallest absolute Gasteiger partial charge is 0.327 e.